The van der Waals surface area contributed by atoms with Gasteiger partial charge in [0.15, 0.2) is 0 Å². The van der Waals surface area contributed by atoms with E-state index in [9.17, 15) is 8.42 Å². The first-order chi connectivity index (χ1) is 9.20. The average molecular weight is 318 g/mol. The van der Waals surface area contributed by atoms with Crippen molar-refractivity contribution in [2.75, 3.05) is 7.05 Å². The fraction of sp³-hybridized carbons (Fsp3) is 0.600. The summed E-state index contributed by atoms with van der Waals surface area (Å²) in [5.41, 5.74) is 1.87. The molecule has 0 spiro atoms. The molecule has 0 aliphatic heterocycles. The lowest BCUT2D eigenvalue weighted by molar-refractivity contribution is 0.338. The molecular formula is C15H24ClNO2S. The van der Waals surface area contributed by atoms with Crippen LogP contribution in [0, 0.1) is 12.8 Å². The lowest BCUT2D eigenvalue weighted by Crippen LogP contribution is -2.36. The van der Waals surface area contributed by atoms with Crippen LogP contribution in [-0.4, -0.2) is 25.8 Å². The third-order valence-corrected chi connectivity index (χ3v) is 5.83. The Hall–Kier alpha value is -0.580. The van der Waals surface area contributed by atoms with Crippen molar-refractivity contribution in [3.05, 3.63) is 29.3 Å². The van der Waals surface area contributed by atoms with Crippen LogP contribution < -0.4 is 0 Å². The Morgan fingerprint density at radius 3 is 2.35 bits per heavy atom. The van der Waals surface area contributed by atoms with Crippen molar-refractivity contribution in [2.45, 2.75) is 50.9 Å². The molecule has 5 heteroatoms. The summed E-state index contributed by atoms with van der Waals surface area (Å²) >= 11 is 5.86. The van der Waals surface area contributed by atoms with Crippen LogP contribution in [0.3, 0.4) is 0 Å². The van der Waals surface area contributed by atoms with Gasteiger partial charge in [0.25, 0.3) is 0 Å². The molecule has 1 atom stereocenters. The highest BCUT2D eigenvalue weighted by Crippen LogP contribution is 2.23. The average Bonchev–Trinajstić information content (AvgIpc) is 2.37. The number of hydrogen-bond acceptors (Lipinski definition) is 2. The molecule has 0 fully saturated rings. The summed E-state index contributed by atoms with van der Waals surface area (Å²) in [6, 6.07) is 5.11. The molecule has 1 aromatic rings. The first kappa shape index (κ1) is 17.5. The normalized spacial score (nSPS) is 14.0. The van der Waals surface area contributed by atoms with E-state index in [4.69, 9.17) is 11.6 Å². The summed E-state index contributed by atoms with van der Waals surface area (Å²) in [5.74, 6) is 0.777. The van der Waals surface area contributed by atoms with Gasteiger partial charge in [-0.15, -0.1) is 11.6 Å². The first-order valence-corrected chi connectivity index (χ1v) is 8.81. The molecule has 1 rings (SSSR count). The van der Waals surface area contributed by atoms with Gasteiger partial charge in [-0.3, -0.25) is 0 Å². The number of nitrogens with zero attached hydrogens (tertiary/aromatic N) is 1. The molecule has 3 nitrogen and oxygen atoms in total. The van der Waals surface area contributed by atoms with Crippen molar-refractivity contribution in [2.24, 2.45) is 5.92 Å². The molecule has 1 unspecified atom stereocenters. The lowest BCUT2D eigenvalue weighted by atomic mass is 10.1. The third kappa shape index (κ3) is 3.96. The van der Waals surface area contributed by atoms with Gasteiger partial charge in [-0.1, -0.05) is 19.9 Å². The first-order valence-electron chi connectivity index (χ1n) is 6.83. The van der Waals surface area contributed by atoms with Crippen LogP contribution in [0.5, 0.6) is 0 Å². The van der Waals surface area contributed by atoms with E-state index in [-0.39, 0.29) is 6.04 Å². The van der Waals surface area contributed by atoms with Crippen molar-refractivity contribution in [1.82, 2.24) is 4.31 Å². The highest BCUT2D eigenvalue weighted by atomic mass is 35.5. The summed E-state index contributed by atoms with van der Waals surface area (Å²) in [6.07, 6.45) is 0.837. The van der Waals surface area contributed by atoms with Crippen molar-refractivity contribution in [3.8, 4) is 0 Å². The standard InChI is InChI=1S/C15H24ClNO2S/c1-11(2)8-13(4)17(5)20(18,19)15-7-6-12(3)14(9-15)10-16/h6-7,9,11,13H,8,10H2,1-5H3. The molecule has 0 radical (unpaired) electrons. The van der Waals surface area contributed by atoms with Crippen molar-refractivity contribution in [3.63, 3.8) is 0 Å². The third-order valence-electron chi connectivity index (χ3n) is 3.57. The van der Waals surface area contributed by atoms with E-state index in [2.05, 4.69) is 13.8 Å². The quantitative estimate of drug-likeness (QED) is 0.749. The molecule has 1 aromatic carbocycles. The molecule has 0 aliphatic carbocycles. The Balaban J connectivity index is 3.10. The summed E-state index contributed by atoms with van der Waals surface area (Å²) in [5, 5.41) is 0. The molecule has 20 heavy (non-hydrogen) atoms. The Kier molecular flexibility index (Phi) is 6.05. The minimum atomic E-state index is -3.46. The summed E-state index contributed by atoms with van der Waals surface area (Å²) in [6.45, 7) is 8.05. The topological polar surface area (TPSA) is 37.4 Å². The number of benzene rings is 1. The van der Waals surface area contributed by atoms with Gasteiger partial charge in [0, 0.05) is 19.0 Å². The predicted octanol–water partition coefficient (Wildman–Crippen LogP) is 3.79. The SMILES string of the molecule is Cc1ccc(S(=O)(=O)N(C)C(C)CC(C)C)cc1CCl. The van der Waals surface area contributed by atoms with Crippen LogP contribution in [0.2, 0.25) is 0 Å². The van der Waals surface area contributed by atoms with E-state index < -0.39 is 10.0 Å². The zero-order chi connectivity index (χ0) is 15.5. The van der Waals surface area contributed by atoms with Gasteiger partial charge in [-0.05, 0) is 49.4 Å². The fourth-order valence-electron chi connectivity index (χ4n) is 2.19. The second-order valence-corrected chi connectivity index (χ2v) is 7.99. The monoisotopic (exact) mass is 317 g/mol. The van der Waals surface area contributed by atoms with Gasteiger partial charge in [-0.2, -0.15) is 4.31 Å². The van der Waals surface area contributed by atoms with E-state index >= 15 is 0 Å². The van der Waals surface area contributed by atoms with Crippen LogP contribution in [0.25, 0.3) is 0 Å². The molecule has 0 aliphatic rings. The Morgan fingerprint density at radius 1 is 1.25 bits per heavy atom. The molecule has 0 bridgehead atoms. The molecule has 114 valence electrons. The number of halogens is 1. The maximum atomic E-state index is 12.6. The van der Waals surface area contributed by atoms with Crippen LogP contribution in [-0.2, 0) is 15.9 Å². The van der Waals surface area contributed by atoms with Crippen LogP contribution in [0.1, 0.15) is 38.3 Å². The van der Waals surface area contributed by atoms with Crippen molar-refractivity contribution in [1.29, 1.82) is 0 Å². The van der Waals surface area contributed by atoms with E-state index in [1.54, 1.807) is 19.2 Å². The molecule has 0 aromatic heterocycles. The van der Waals surface area contributed by atoms with Gasteiger partial charge < -0.3 is 0 Å². The van der Waals surface area contributed by atoms with Crippen LogP contribution in [0.15, 0.2) is 23.1 Å². The van der Waals surface area contributed by atoms with Gasteiger partial charge in [0.05, 0.1) is 4.90 Å². The highest BCUT2D eigenvalue weighted by Gasteiger charge is 2.26. The molecular weight excluding hydrogens is 294 g/mol. The van der Waals surface area contributed by atoms with Gasteiger partial charge in [0.2, 0.25) is 10.0 Å². The predicted molar refractivity (Wildman–Crippen MR) is 84.6 cm³/mol. The summed E-state index contributed by atoms with van der Waals surface area (Å²) in [7, 11) is -1.82. The van der Waals surface area contributed by atoms with E-state index in [0.717, 1.165) is 17.5 Å². The smallest absolute Gasteiger partial charge is 0.207 e. The van der Waals surface area contributed by atoms with E-state index in [1.165, 1.54) is 4.31 Å². The van der Waals surface area contributed by atoms with Crippen molar-refractivity contribution >= 4 is 21.6 Å². The van der Waals surface area contributed by atoms with E-state index in [1.807, 2.05) is 19.9 Å². The Bertz CT molecular complexity index is 555. The number of hydrogen-bond donors (Lipinski definition) is 0. The Labute approximate surface area is 128 Å². The molecule has 0 amide bonds. The van der Waals surface area contributed by atoms with Crippen LogP contribution in [0.4, 0.5) is 0 Å². The van der Waals surface area contributed by atoms with E-state index in [0.29, 0.717) is 16.7 Å². The number of alkyl halides is 1. The van der Waals surface area contributed by atoms with Crippen molar-refractivity contribution < 1.29 is 8.42 Å². The van der Waals surface area contributed by atoms with Gasteiger partial charge in [-0.25, -0.2) is 8.42 Å². The zero-order valence-electron chi connectivity index (χ0n) is 12.9. The minimum Gasteiger partial charge on any atom is -0.207 e. The zero-order valence-corrected chi connectivity index (χ0v) is 14.4. The minimum absolute atomic E-state index is 0.0271. The lowest BCUT2D eigenvalue weighted by Gasteiger charge is -2.26. The van der Waals surface area contributed by atoms with Gasteiger partial charge >= 0.3 is 0 Å². The number of sulfonamides is 1. The fourth-order valence-corrected chi connectivity index (χ4v) is 3.90. The number of aryl methyl sites for hydroxylation is 1. The maximum Gasteiger partial charge on any atom is 0.243 e. The molecule has 0 saturated carbocycles. The second-order valence-electron chi connectivity index (χ2n) is 5.72. The second kappa shape index (κ2) is 6.92. The summed E-state index contributed by atoms with van der Waals surface area (Å²) < 4.78 is 26.7. The maximum absolute atomic E-state index is 12.6. The Morgan fingerprint density at radius 2 is 1.85 bits per heavy atom. The molecule has 0 N–H and O–H groups in total. The number of rotatable bonds is 6. The van der Waals surface area contributed by atoms with Gasteiger partial charge in [0.1, 0.15) is 0 Å². The van der Waals surface area contributed by atoms with Crippen LogP contribution >= 0.6 is 11.6 Å². The molecule has 0 heterocycles. The largest absolute Gasteiger partial charge is 0.243 e. The summed E-state index contributed by atoms with van der Waals surface area (Å²) in [4.78, 5) is 0.317. The highest BCUT2D eigenvalue weighted by molar-refractivity contribution is 7.89. The molecule has 0 saturated heterocycles.